The first kappa shape index (κ1) is 27.6. The highest BCUT2D eigenvalue weighted by Crippen LogP contribution is 2.46. The van der Waals surface area contributed by atoms with Crippen molar-refractivity contribution in [3.05, 3.63) is 70.9 Å². The zero-order chi connectivity index (χ0) is 27.8. The van der Waals surface area contributed by atoms with E-state index in [1.165, 1.54) is 24.4 Å². The van der Waals surface area contributed by atoms with E-state index in [1.807, 2.05) is 13.0 Å². The van der Waals surface area contributed by atoms with Gasteiger partial charge in [0.1, 0.15) is 0 Å². The van der Waals surface area contributed by atoms with Crippen LogP contribution in [0.25, 0.3) is 10.9 Å². The molecule has 0 unspecified atom stereocenters. The van der Waals surface area contributed by atoms with Crippen LogP contribution in [-0.2, 0) is 4.79 Å². The summed E-state index contributed by atoms with van der Waals surface area (Å²) in [4.78, 5) is 28.8. The second-order valence-electron chi connectivity index (χ2n) is 8.10. The number of carbonyl (C=O) groups excluding carboxylic acids is 2. The number of hydrogen-bond donors (Lipinski definition) is 2. The molecule has 2 amide bonds. The maximum Gasteiger partial charge on any atom is 0.460 e. The molecular weight excluding hydrogens is 509 g/mol. The molecule has 0 aliphatic rings. The van der Waals surface area contributed by atoms with Crippen molar-refractivity contribution < 1.29 is 40.3 Å². The van der Waals surface area contributed by atoms with Crippen molar-refractivity contribution in [3.8, 4) is 0 Å². The van der Waals surface area contributed by atoms with Crippen LogP contribution in [0.15, 0.2) is 53.6 Å². The number of alkyl halides is 7. The Bertz CT molecular complexity index is 1400. The first-order valence-electron chi connectivity index (χ1n) is 10.5. The largest absolute Gasteiger partial charge is 0.460 e. The molecule has 13 heteroatoms. The van der Waals surface area contributed by atoms with Gasteiger partial charge in [-0.3, -0.25) is 14.6 Å². The Labute approximate surface area is 205 Å². The molecule has 1 heterocycles. The van der Waals surface area contributed by atoms with Crippen molar-refractivity contribution in [1.29, 1.82) is 0 Å². The topological polar surface area (TPSA) is 83.4 Å². The van der Waals surface area contributed by atoms with E-state index in [0.29, 0.717) is 16.6 Å². The monoisotopic (exact) mass is 528 g/mol. The SMILES string of the molecule is C/C(=N/NC(=O)c1cc(C)nc2c(C)cccc12)c1cccc(NC(=O)C(F)(F)C(F)(F)C(F)(F)F)c1. The number of aromatic nitrogens is 1. The average molecular weight is 528 g/mol. The molecule has 0 aliphatic heterocycles. The molecule has 0 bridgehead atoms. The number of pyridine rings is 1. The molecule has 0 saturated heterocycles. The number of hydrazone groups is 1. The van der Waals surface area contributed by atoms with E-state index in [-0.39, 0.29) is 16.8 Å². The zero-order valence-corrected chi connectivity index (χ0v) is 19.5. The molecule has 2 aromatic carbocycles. The van der Waals surface area contributed by atoms with Crippen LogP contribution in [0, 0.1) is 13.8 Å². The summed E-state index contributed by atoms with van der Waals surface area (Å²) >= 11 is 0. The molecule has 2 N–H and O–H groups in total. The number of carbonyl (C=O) groups is 2. The maximum absolute atomic E-state index is 13.6. The third kappa shape index (κ3) is 5.39. The number of amides is 2. The highest BCUT2D eigenvalue weighted by Gasteiger charge is 2.76. The summed E-state index contributed by atoms with van der Waals surface area (Å²) in [6.45, 7) is 4.96. The molecule has 196 valence electrons. The summed E-state index contributed by atoms with van der Waals surface area (Å²) in [5.41, 5.74) is 4.48. The molecule has 1 aromatic heterocycles. The Kier molecular flexibility index (Phi) is 7.29. The molecule has 6 nitrogen and oxygen atoms in total. The van der Waals surface area contributed by atoms with Crippen molar-refractivity contribution in [3.63, 3.8) is 0 Å². The predicted octanol–water partition coefficient (Wildman–Crippen LogP) is 5.78. The number of aryl methyl sites for hydroxylation is 2. The quantitative estimate of drug-likeness (QED) is 0.242. The van der Waals surface area contributed by atoms with Crippen LogP contribution < -0.4 is 10.7 Å². The summed E-state index contributed by atoms with van der Waals surface area (Å²) in [6, 6.07) is 11.5. The molecule has 0 saturated carbocycles. The summed E-state index contributed by atoms with van der Waals surface area (Å²) in [5, 5.41) is 5.88. The first-order chi connectivity index (χ1) is 17.1. The number of nitrogens with one attached hydrogen (secondary N) is 2. The van der Waals surface area contributed by atoms with Gasteiger partial charge in [0.05, 0.1) is 16.8 Å². The lowest BCUT2D eigenvalue weighted by Crippen LogP contribution is -2.57. The maximum atomic E-state index is 13.6. The molecule has 0 atom stereocenters. The number of anilines is 1. The lowest BCUT2D eigenvalue weighted by molar-refractivity contribution is -0.343. The van der Waals surface area contributed by atoms with E-state index in [1.54, 1.807) is 25.1 Å². The minimum Gasteiger partial charge on any atom is -0.321 e. The molecule has 3 aromatic rings. The lowest BCUT2D eigenvalue weighted by atomic mass is 10.0. The number of halogens is 7. The number of benzene rings is 2. The number of para-hydroxylation sites is 1. The number of hydrogen-bond acceptors (Lipinski definition) is 4. The van der Waals surface area contributed by atoms with E-state index >= 15 is 0 Å². The second-order valence-corrected chi connectivity index (χ2v) is 8.10. The van der Waals surface area contributed by atoms with Gasteiger partial charge in [-0.1, -0.05) is 30.3 Å². The smallest absolute Gasteiger partial charge is 0.321 e. The Morgan fingerprint density at radius 3 is 2.22 bits per heavy atom. The molecular formula is C24H19F7N4O2. The minimum atomic E-state index is -6.64. The zero-order valence-electron chi connectivity index (χ0n) is 19.5. The van der Waals surface area contributed by atoms with Gasteiger partial charge in [0, 0.05) is 16.8 Å². The van der Waals surface area contributed by atoms with E-state index in [9.17, 15) is 40.3 Å². The Hall–Kier alpha value is -4.03. The van der Waals surface area contributed by atoms with Crippen LogP contribution in [0.3, 0.4) is 0 Å². The lowest BCUT2D eigenvalue weighted by Gasteiger charge is -2.27. The van der Waals surface area contributed by atoms with Gasteiger partial charge in [-0.2, -0.15) is 35.8 Å². The highest BCUT2D eigenvalue weighted by molar-refractivity contribution is 6.08. The normalized spacial score (nSPS) is 13.0. The molecule has 0 spiro atoms. The fraction of sp³-hybridized carbons (Fsp3) is 0.250. The Morgan fingerprint density at radius 1 is 0.919 bits per heavy atom. The minimum absolute atomic E-state index is 0.114. The standard InChI is InChI=1S/C24H19F7N4O2/c1-12-6-4-9-17-18(10-13(2)32-19(12)17)20(36)35-34-14(3)15-7-5-8-16(11-15)33-21(37)22(25,26)23(27,28)24(29,30)31/h4-11H,1-3H3,(H,33,37)(H,35,36)/b34-14-. The fourth-order valence-corrected chi connectivity index (χ4v) is 3.32. The van der Waals surface area contributed by atoms with Gasteiger partial charge in [0.15, 0.2) is 0 Å². The van der Waals surface area contributed by atoms with Crippen molar-refractivity contribution in [1.82, 2.24) is 10.4 Å². The van der Waals surface area contributed by atoms with Gasteiger partial charge in [0.25, 0.3) is 5.91 Å². The van der Waals surface area contributed by atoms with Gasteiger partial charge in [0.2, 0.25) is 0 Å². The van der Waals surface area contributed by atoms with Crippen molar-refractivity contribution in [2.75, 3.05) is 5.32 Å². The van der Waals surface area contributed by atoms with Crippen LogP contribution in [0.4, 0.5) is 36.4 Å². The van der Waals surface area contributed by atoms with E-state index in [0.717, 1.165) is 17.7 Å². The Balaban J connectivity index is 1.81. The fourth-order valence-electron chi connectivity index (χ4n) is 3.32. The highest BCUT2D eigenvalue weighted by atomic mass is 19.4. The van der Waals surface area contributed by atoms with Crippen molar-refractivity contribution in [2.24, 2.45) is 5.10 Å². The van der Waals surface area contributed by atoms with Crippen molar-refractivity contribution in [2.45, 2.75) is 38.8 Å². The molecule has 0 fully saturated rings. The molecule has 0 aliphatic carbocycles. The van der Waals surface area contributed by atoms with Gasteiger partial charge in [-0.15, -0.1) is 0 Å². The van der Waals surface area contributed by atoms with Gasteiger partial charge in [-0.25, -0.2) is 5.43 Å². The average Bonchev–Trinajstić information content (AvgIpc) is 2.81. The molecule has 37 heavy (non-hydrogen) atoms. The van der Waals surface area contributed by atoms with Gasteiger partial charge < -0.3 is 5.32 Å². The van der Waals surface area contributed by atoms with Crippen LogP contribution in [0.1, 0.15) is 34.1 Å². The first-order valence-corrected chi connectivity index (χ1v) is 10.5. The third-order valence-corrected chi connectivity index (χ3v) is 5.31. The summed E-state index contributed by atoms with van der Waals surface area (Å²) in [7, 11) is 0. The molecule has 0 radical (unpaired) electrons. The van der Waals surface area contributed by atoms with E-state index in [2.05, 4.69) is 15.5 Å². The van der Waals surface area contributed by atoms with Crippen LogP contribution >= 0.6 is 0 Å². The van der Waals surface area contributed by atoms with E-state index < -0.39 is 35.5 Å². The summed E-state index contributed by atoms with van der Waals surface area (Å²) in [5.74, 6) is -16.1. The summed E-state index contributed by atoms with van der Waals surface area (Å²) < 4.78 is 90.5. The summed E-state index contributed by atoms with van der Waals surface area (Å²) in [6.07, 6.45) is -6.64. The van der Waals surface area contributed by atoms with Gasteiger partial charge in [-0.05, 0) is 50.1 Å². The van der Waals surface area contributed by atoms with Crippen molar-refractivity contribution >= 4 is 34.1 Å². The number of rotatable bonds is 6. The second kappa shape index (κ2) is 9.79. The number of fused-ring (bicyclic) bond motifs is 1. The third-order valence-electron chi connectivity index (χ3n) is 5.31. The van der Waals surface area contributed by atoms with Crippen LogP contribution in [-0.4, -0.2) is 40.5 Å². The predicted molar refractivity (Wildman–Crippen MR) is 122 cm³/mol. The molecule has 3 rings (SSSR count). The Morgan fingerprint density at radius 2 is 1.57 bits per heavy atom. The van der Waals surface area contributed by atoms with E-state index in [4.69, 9.17) is 0 Å². The van der Waals surface area contributed by atoms with Gasteiger partial charge >= 0.3 is 23.9 Å². The number of nitrogens with zero attached hydrogens (tertiary/aromatic N) is 2. The van der Waals surface area contributed by atoms with Crippen LogP contribution in [0.2, 0.25) is 0 Å². The van der Waals surface area contributed by atoms with Crippen LogP contribution in [0.5, 0.6) is 0 Å².